The highest BCUT2D eigenvalue weighted by atomic mass is 19.1. The van der Waals surface area contributed by atoms with E-state index in [1.165, 1.54) is 12.3 Å². The number of carboxylic acids is 1. The largest absolute Gasteiger partial charge is 0.478 e. The second kappa shape index (κ2) is 7.19. The number of likely N-dealkylation sites (N-methyl/N-ethyl adjacent to an activating group) is 1. The van der Waals surface area contributed by atoms with Crippen LogP contribution in [0, 0.1) is 11.7 Å². The molecule has 1 N–H and O–H groups in total. The summed E-state index contributed by atoms with van der Waals surface area (Å²) < 4.78 is 14.2. The van der Waals surface area contributed by atoms with Gasteiger partial charge in [-0.25, -0.2) is 14.2 Å². The fourth-order valence-electron chi connectivity index (χ4n) is 1.86. The van der Waals surface area contributed by atoms with Gasteiger partial charge in [0.05, 0.1) is 0 Å². The molecule has 5 nitrogen and oxygen atoms in total. The zero-order chi connectivity index (χ0) is 15.3. The molecule has 0 fully saturated rings. The molecule has 0 saturated heterocycles. The van der Waals surface area contributed by atoms with E-state index < -0.39 is 11.8 Å². The van der Waals surface area contributed by atoms with Crippen LogP contribution in [0.15, 0.2) is 12.3 Å². The smallest absolute Gasteiger partial charge is 0.338 e. The van der Waals surface area contributed by atoms with Crippen LogP contribution >= 0.6 is 0 Å². The van der Waals surface area contributed by atoms with Gasteiger partial charge in [-0.2, -0.15) is 0 Å². The first-order valence-electron chi connectivity index (χ1n) is 6.60. The molecule has 0 atom stereocenters. The summed E-state index contributed by atoms with van der Waals surface area (Å²) in [5.74, 6) is -1.60. The molecule has 0 radical (unpaired) electrons. The molecule has 1 heterocycles. The number of aromatic carboxylic acids is 1. The van der Waals surface area contributed by atoms with Crippen molar-refractivity contribution in [1.29, 1.82) is 0 Å². The normalized spacial score (nSPS) is 11.2. The summed E-state index contributed by atoms with van der Waals surface area (Å²) in [6, 6.07) is 1.18. The molecule has 1 aromatic heterocycles. The molecule has 112 valence electrons. The number of aromatic nitrogens is 1. The Morgan fingerprint density at radius 2 is 2.05 bits per heavy atom. The van der Waals surface area contributed by atoms with Crippen LogP contribution in [0.25, 0.3) is 0 Å². The van der Waals surface area contributed by atoms with Crippen molar-refractivity contribution < 1.29 is 14.3 Å². The van der Waals surface area contributed by atoms with E-state index in [1.807, 2.05) is 32.8 Å². The molecule has 0 amide bonds. The topological polar surface area (TPSA) is 56.7 Å². The number of hydrogen-bond acceptors (Lipinski definition) is 4. The molecule has 0 aliphatic carbocycles. The lowest BCUT2D eigenvalue weighted by molar-refractivity contribution is 0.0691. The molecule has 1 rings (SSSR count). The van der Waals surface area contributed by atoms with Gasteiger partial charge in [-0.15, -0.1) is 0 Å². The first-order valence-corrected chi connectivity index (χ1v) is 6.60. The first kappa shape index (κ1) is 16.4. The van der Waals surface area contributed by atoms with Crippen molar-refractivity contribution in [3.05, 3.63) is 23.6 Å². The number of rotatable bonds is 7. The molecular weight excluding hydrogens is 261 g/mol. The number of pyridine rings is 1. The van der Waals surface area contributed by atoms with Crippen LogP contribution in [0.2, 0.25) is 0 Å². The maximum absolute atomic E-state index is 14.2. The molecule has 0 aliphatic heterocycles. The molecule has 0 aromatic carbocycles. The average molecular weight is 283 g/mol. The lowest BCUT2D eigenvalue weighted by Gasteiger charge is -2.27. The zero-order valence-electron chi connectivity index (χ0n) is 12.4. The lowest BCUT2D eigenvalue weighted by Crippen LogP contribution is -2.35. The van der Waals surface area contributed by atoms with Gasteiger partial charge in [0.1, 0.15) is 5.56 Å². The van der Waals surface area contributed by atoms with E-state index >= 15 is 0 Å². The van der Waals surface area contributed by atoms with Crippen LogP contribution in [0.4, 0.5) is 10.2 Å². The summed E-state index contributed by atoms with van der Waals surface area (Å²) in [6.45, 7) is 6.02. The maximum atomic E-state index is 14.2. The molecular formula is C14H22FN3O2. The fourth-order valence-corrected chi connectivity index (χ4v) is 1.86. The van der Waals surface area contributed by atoms with Crippen LogP contribution < -0.4 is 4.90 Å². The lowest BCUT2D eigenvalue weighted by atomic mass is 10.2. The summed E-state index contributed by atoms with van der Waals surface area (Å²) in [5.41, 5.74) is -0.339. The van der Waals surface area contributed by atoms with Crippen molar-refractivity contribution in [2.75, 3.05) is 38.6 Å². The van der Waals surface area contributed by atoms with E-state index in [4.69, 9.17) is 5.11 Å². The van der Waals surface area contributed by atoms with E-state index in [2.05, 4.69) is 4.98 Å². The second-order valence-corrected chi connectivity index (χ2v) is 5.44. The van der Waals surface area contributed by atoms with Crippen molar-refractivity contribution >= 4 is 11.8 Å². The molecule has 0 aliphatic rings. The molecule has 0 bridgehead atoms. The monoisotopic (exact) mass is 283 g/mol. The van der Waals surface area contributed by atoms with Crippen molar-refractivity contribution in [1.82, 2.24) is 9.88 Å². The number of carbonyl (C=O) groups is 1. The SMILES string of the molecule is CC(C)CN(CCN(C)C)c1nccc(C(=O)O)c1F. The standard InChI is InChI=1S/C14H22FN3O2/c1-10(2)9-18(8-7-17(3)4)13-12(15)11(14(19)20)5-6-16-13/h5-6,10H,7-9H2,1-4H3,(H,19,20). The summed E-state index contributed by atoms with van der Waals surface area (Å²) in [5, 5.41) is 8.98. The summed E-state index contributed by atoms with van der Waals surface area (Å²) in [4.78, 5) is 18.8. The van der Waals surface area contributed by atoms with Crippen LogP contribution in [-0.4, -0.2) is 54.7 Å². The van der Waals surface area contributed by atoms with Crippen LogP contribution in [0.5, 0.6) is 0 Å². The molecule has 1 aromatic rings. The Morgan fingerprint density at radius 3 is 2.55 bits per heavy atom. The molecule has 0 saturated carbocycles. The Morgan fingerprint density at radius 1 is 1.40 bits per heavy atom. The van der Waals surface area contributed by atoms with Crippen LogP contribution in [0.3, 0.4) is 0 Å². The van der Waals surface area contributed by atoms with Gasteiger partial charge < -0.3 is 14.9 Å². The van der Waals surface area contributed by atoms with Gasteiger partial charge in [0.15, 0.2) is 11.6 Å². The minimum absolute atomic E-state index is 0.112. The zero-order valence-corrected chi connectivity index (χ0v) is 12.4. The van der Waals surface area contributed by atoms with Gasteiger partial charge in [-0.1, -0.05) is 13.8 Å². The summed E-state index contributed by atoms with van der Waals surface area (Å²) >= 11 is 0. The highest BCUT2D eigenvalue weighted by Crippen LogP contribution is 2.20. The van der Waals surface area contributed by atoms with Crippen molar-refractivity contribution in [2.45, 2.75) is 13.8 Å². The Hall–Kier alpha value is -1.69. The fraction of sp³-hybridized carbons (Fsp3) is 0.571. The predicted octanol–water partition coefficient (Wildman–Crippen LogP) is 1.94. The van der Waals surface area contributed by atoms with E-state index in [1.54, 1.807) is 4.90 Å². The third kappa shape index (κ3) is 4.45. The summed E-state index contributed by atoms with van der Waals surface area (Å²) in [7, 11) is 3.87. The Bertz CT molecular complexity index is 464. The Kier molecular flexibility index (Phi) is 5.88. The maximum Gasteiger partial charge on any atom is 0.338 e. The second-order valence-electron chi connectivity index (χ2n) is 5.44. The molecule has 0 spiro atoms. The van der Waals surface area contributed by atoms with Gasteiger partial charge in [-0.05, 0) is 26.1 Å². The quantitative estimate of drug-likeness (QED) is 0.829. The van der Waals surface area contributed by atoms with E-state index in [0.29, 0.717) is 19.0 Å². The third-order valence-corrected chi connectivity index (χ3v) is 2.80. The average Bonchev–Trinajstić information content (AvgIpc) is 2.34. The Labute approximate surface area is 119 Å². The van der Waals surface area contributed by atoms with Crippen LogP contribution in [-0.2, 0) is 0 Å². The van der Waals surface area contributed by atoms with Gasteiger partial charge in [0.2, 0.25) is 0 Å². The number of anilines is 1. The van der Waals surface area contributed by atoms with Gasteiger partial charge in [-0.3, -0.25) is 0 Å². The van der Waals surface area contributed by atoms with Crippen LogP contribution in [0.1, 0.15) is 24.2 Å². The van der Waals surface area contributed by atoms with Gasteiger partial charge in [0.25, 0.3) is 0 Å². The number of hydrogen-bond donors (Lipinski definition) is 1. The van der Waals surface area contributed by atoms with Gasteiger partial charge >= 0.3 is 5.97 Å². The number of nitrogens with zero attached hydrogens (tertiary/aromatic N) is 3. The van der Waals surface area contributed by atoms with Crippen molar-refractivity contribution in [2.24, 2.45) is 5.92 Å². The highest BCUT2D eigenvalue weighted by molar-refractivity contribution is 5.88. The highest BCUT2D eigenvalue weighted by Gasteiger charge is 2.20. The number of carboxylic acid groups (broad SMARTS) is 1. The predicted molar refractivity (Wildman–Crippen MR) is 76.8 cm³/mol. The number of halogens is 1. The molecule has 6 heteroatoms. The van der Waals surface area contributed by atoms with E-state index in [9.17, 15) is 9.18 Å². The minimum atomic E-state index is -1.27. The first-order chi connectivity index (χ1) is 9.32. The van der Waals surface area contributed by atoms with Crippen molar-refractivity contribution in [3.63, 3.8) is 0 Å². The Balaban J connectivity index is 3.06. The third-order valence-electron chi connectivity index (χ3n) is 2.80. The molecule has 0 unspecified atom stereocenters. The summed E-state index contributed by atoms with van der Waals surface area (Å²) in [6.07, 6.45) is 1.34. The van der Waals surface area contributed by atoms with E-state index in [0.717, 1.165) is 6.54 Å². The van der Waals surface area contributed by atoms with Crippen molar-refractivity contribution in [3.8, 4) is 0 Å². The minimum Gasteiger partial charge on any atom is -0.478 e. The molecule has 20 heavy (non-hydrogen) atoms. The van der Waals surface area contributed by atoms with Gasteiger partial charge in [0, 0.05) is 25.8 Å². The van der Waals surface area contributed by atoms with E-state index in [-0.39, 0.29) is 11.4 Å².